The number of hydrogen-bond donors (Lipinski definition) is 2. The van der Waals surface area contributed by atoms with Crippen LogP contribution in [0.25, 0.3) is 32.6 Å². The van der Waals surface area contributed by atoms with Crippen LogP contribution in [-0.4, -0.2) is 28.3 Å². The highest BCUT2D eigenvalue weighted by molar-refractivity contribution is 8.03. The molecule has 0 bridgehead atoms. The minimum absolute atomic E-state index is 0.0654. The Hall–Kier alpha value is -4.77. The second-order valence-corrected chi connectivity index (χ2v) is 16.0. The number of aromatic nitrogens is 2. The molecule has 0 radical (unpaired) electrons. The second-order valence-electron chi connectivity index (χ2n) is 12.9. The van der Waals surface area contributed by atoms with Gasteiger partial charge in [0.15, 0.2) is 6.54 Å². The highest BCUT2D eigenvalue weighted by Crippen LogP contribution is 2.54. The smallest absolute Gasteiger partial charge is 0.263 e. The summed E-state index contributed by atoms with van der Waals surface area (Å²) >= 11 is 4.58. The summed E-state index contributed by atoms with van der Waals surface area (Å²) in [7, 11) is 1.94. The van der Waals surface area contributed by atoms with Crippen molar-refractivity contribution in [2.75, 3.05) is 11.4 Å². The number of thioether (sulfide) groups is 1. The maximum Gasteiger partial charge on any atom is 0.263 e. The molecule has 0 fully saturated rings. The number of thiazole rings is 2. The Kier molecular flexibility index (Phi) is 8.78. The number of carbonyl (C=O) groups is 2. The van der Waals surface area contributed by atoms with E-state index in [1.165, 1.54) is 23.1 Å². The zero-order valence-corrected chi connectivity index (χ0v) is 31.1. The predicted octanol–water partition coefficient (Wildman–Crippen LogP) is 8.91. The number of unbranched alkanes of at least 4 members (excludes halogenated alkanes) is 2. The van der Waals surface area contributed by atoms with Crippen LogP contribution in [0.1, 0.15) is 49.5 Å². The van der Waals surface area contributed by atoms with Crippen LogP contribution < -0.4 is 14.0 Å². The fourth-order valence-corrected chi connectivity index (χ4v) is 10.3. The molecule has 3 heterocycles. The Labute approximate surface area is 308 Å². The molecule has 2 N–H and O–H groups in total. The summed E-state index contributed by atoms with van der Waals surface area (Å²) in [5.74, 6) is -1.02. The lowest BCUT2D eigenvalue weighted by Gasteiger charge is -2.32. The molecule has 0 unspecified atom stereocenters. The Morgan fingerprint density at radius 2 is 1.31 bits per heavy atom. The van der Waals surface area contributed by atoms with Crippen LogP contribution in [0.4, 0.5) is 5.69 Å². The molecule has 2 aromatic heterocycles. The maximum atomic E-state index is 14.3. The van der Waals surface area contributed by atoms with Gasteiger partial charge in [-0.05, 0) is 30.7 Å². The van der Waals surface area contributed by atoms with Gasteiger partial charge in [-0.15, -0.1) is 0 Å². The highest BCUT2D eigenvalue weighted by Gasteiger charge is 2.48. The average Bonchev–Trinajstić information content (AvgIpc) is 3.81. The van der Waals surface area contributed by atoms with Crippen molar-refractivity contribution < 1.29 is 28.9 Å². The first kappa shape index (κ1) is 33.4. The predicted molar refractivity (Wildman–Crippen MR) is 207 cm³/mol. The summed E-state index contributed by atoms with van der Waals surface area (Å²) in [5, 5.41) is 25.9. The lowest BCUT2D eigenvalue weighted by Crippen LogP contribution is -2.36. The van der Waals surface area contributed by atoms with Crippen LogP contribution in [0.2, 0.25) is 0 Å². The van der Waals surface area contributed by atoms with Crippen molar-refractivity contribution in [3.63, 3.8) is 0 Å². The van der Waals surface area contributed by atoms with E-state index < -0.39 is 0 Å². The molecule has 51 heavy (non-hydrogen) atoms. The number of benzene rings is 3. The Morgan fingerprint density at radius 3 is 1.96 bits per heavy atom. The van der Waals surface area contributed by atoms with Gasteiger partial charge in [-0.25, -0.2) is 0 Å². The molecule has 3 aromatic carbocycles. The van der Waals surface area contributed by atoms with E-state index in [2.05, 4.69) is 35.4 Å². The first-order valence-corrected chi connectivity index (χ1v) is 19.8. The third kappa shape index (κ3) is 5.48. The maximum absolute atomic E-state index is 14.3. The lowest BCUT2D eigenvalue weighted by atomic mass is 9.74. The first-order valence-electron chi connectivity index (χ1n) is 17.3. The molecule has 0 amide bonds. The van der Waals surface area contributed by atoms with Crippen LogP contribution in [-0.2, 0) is 23.2 Å². The van der Waals surface area contributed by atoms with Crippen molar-refractivity contribution in [3.05, 3.63) is 127 Å². The third-order valence-electron chi connectivity index (χ3n) is 9.66. The number of anilines is 1. The topological polar surface area (TPSA) is 85.6 Å². The zero-order valence-electron chi connectivity index (χ0n) is 28.6. The Bertz CT molecular complexity index is 2460. The Balaban J connectivity index is 1.29. The van der Waals surface area contributed by atoms with Gasteiger partial charge in [0.1, 0.15) is 28.0 Å². The van der Waals surface area contributed by atoms with E-state index in [0.29, 0.717) is 17.1 Å². The normalized spacial score (nSPS) is 18.5. The number of nitrogens with zero attached hydrogens (tertiary/aromatic N) is 3. The minimum Gasteiger partial charge on any atom is -0.506 e. The number of allylic oxidation sites excluding steroid dienone is 5. The van der Waals surface area contributed by atoms with Gasteiger partial charge in [-0.2, -0.15) is 9.13 Å². The van der Waals surface area contributed by atoms with E-state index in [0.717, 1.165) is 73.3 Å². The standard InChI is InChI=1S/C41H35N3O4S3/c1-4-6-20-43-27-15-9-12-18-30(27)50-33(43)23-25-39(47)36(40(25)48)34(41-44(21-7-5-2)28-16-10-13-19-31(28)51-41)35-37(45)24(38(35)46)22-32-42(3)26-14-8-11-17-29(26)49-32/h8-19,22-23H,4-7,20-21H2,1-3H3/p+2. The molecule has 1 aliphatic heterocycles. The van der Waals surface area contributed by atoms with Gasteiger partial charge in [-0.3, -0.25) is 9.59 Å². The van der Waals surface area contributed by atoms with Crippen LogP contribution in [0.15, 0.2) is 122 Å². The number of hydrogen-bond acceptors (Lipinski definition) is 8. The largest absolute Gasteiger partial charge is 0.506 e. The van der Waals surface area contributed by atoms with E-state index in [1.807, 2.05) is 72.3 Å². The first-order chi connectivity index (χ1) is 24.8. The quantitative estimate of drug-likeness (QED) is 0.110. The number of ketones is 2. The summed E-state index contributed by atoms with van der Waals surface area (Å²) in [6.07, 6.45) is 7.33. The summed E-state index contributed by atoms with van der Waals surface area (Å²) < 4.78 is 6.38. The van der Waals surface area contributed by atoms with Gasteiger partial charge in [0.05, 0.1) is 33.0 Å². The summed E-state index contributed by atoms with van der Waals surface area (Å²) in [6.45, 7) is 5.72. The van der Waals surface area contributed by atoms with Gasteiger partial charge in [-0.1, -0.05) is 97.5 Å². The minimum atomic E-state index is -0.355. The van der Waals surface area contributed by atoms with Crippen molar-refractivity contribution in [1.29, 1.82) is 0 Å². The van der Waals surface area contributed by atoms with Crippen LogP contribution in [0.5, 0.6) is 0 Å². The number of rotatable bonds is 10. The van der Waals surface area contributed by atoms with E-state index in [4.69, 9.17) is 0 Å². The lowest BCUT2D eigenvalue weighted by molar-refractivity contribution is -0.669. The van der Waals surface area contributed by atoms with Crippen LogP contribution in [0.3, 0.4) is 0 Å². The number of para-hydroxylation sites is 3. The molecule has 5 aromatic rings. The average molecular weight is 732 g/mol. The molecule has 2 aliphatic carbocycles. The SMILES string of the molecule is CCCCN1C(=C(C2=C(O)C(=Cc3sc4ccccc4[n+]3C)C2=O)C2=C(O)C(=Cc3sc4ccccc4[n+]3CCCC)C2=O)Sc2ccccc21. The number of fused-ring (bicyclic) bond motifs is 3. The van der Waals surface area contributed by atoms with E-state index in [1.54, 1.807) is 23.5 Å². The molecule has 10 heteroatoms. The van der Waals surface area contributed by atoms with Gasteiger partial charge >= 0.3 is 0 Å². The molecule has 0 saturated heterocycles. The number of Topliss-reactive ketones (excluding diaryl/α,β-unsaturated/α-hetero) is 2. The van der Waals surface area contributed by atoms with Crippen molar-refractivity contribution in [2.24, 2.45) is 7.05 Å². The number of aliphatic hydroxyl groups is 2. The zero-order chi connectivity index (χ0) is 35.4. The molecule has 256 valence electrons. The molecule has 8 rings (SSSR count). The summed E-state index contributed by atoms with van der Waals surface area (Å²) in [5.41, 5.74) is 3.93. The number of aryl methyl sites for hydroxylation is 2. The summed E-state index contributed by atoms with van der Waals surface area (Å²) in [6, 6.07) is 24.2. The second kappa shape index (κ2) is 13.4. The molecule has 0 saturated carbocycles. The monoisotopic (exact) mass is 731 g/mol. The molecule has 3 aliphatic rings. The molecule has 0 atom stereocenters. The van der Waals surface area contributed by atoms with Crippen molar-refractivity contribution in [2.45, 2.75) is 51.0 Å². The van der Waals surface area contributed by atoms with E-state index in [9.17, 15) is 19.8 Å². The van der Waals surface area contributed by atoms with Gasteiger partial charge < -0.3 is 15.1 Å². The van der Waals surface area contributed by atoms with Gasteiger partial charge in [0, 0.05) is 47.7 Å². The number of carbonyl (C=O) groups excluding carboxylic acids is 2. The summed E-state index contributed by atoms with van der Waals surface area (Å²) in [4.78, 5) is 31.6. The molecular formula is C41H37N3O4S3+2. The van der Waals surface area contributed by atoms with Crippen molar-refractivity contribution >= 4 is 84.3 Å². The Morgan fingerprint density at radius 1 is 0.745 bits per heavy atom. The highest BCUT2D eigenvalue weighted by atomic mass is 32.2. The van der Waals surface area contributed by atoms with Crippen LogP contribution in [0, 0.1) is 0 Å². The van der Waals surface area contributed by atoms with Crippen LogP contribution >= 0.6 is 34.4 Å². The van der Waals surface area contributed by atoms with Gasteiger partial charge in [0.2, 0.25) is 22.6 Å². The molecular weight excluding hydrogens is 695 g/mol. The third-order valence-corrected chi connectivity index (χ3v) is 13.1. The molecule has 0 spiro atoms. The van der Waals surface area contributed by atoms with E-state index in [-0.39, 0.29) is 45.4 Å². The van der Waals surface area contributed by atoms with Gasteiger partial charge in [0.25, 0.3) is 10.0 Å². The molecule has 7 nitrogen and oxygen atoms in total. The number of aliphatic hydroxyl groups excluding tert-OH is 2. The van der Waals surface area contributed by atoms with Crippen molar-refractivity contribution in [3.8, 4) is 0 Å². The van der Waals surface area contributed by atoms with E-state index >= 15 is 0 Å². The van der Waals surface area contributed by atoms with Crippen molar-refractivity contribution in [1.82, 2.24) is 0 Å². The fourth-order valence-electron chi connectivity index (χ4n) is 6.87. The fraction of sp³-hybridized carbons (Fsp3) is 0.220.